The molecule has 0 aliphatic heterocycles. The molecule has 0 bridgehead atoms. The Hall–Kier alpha value is -3.01. The number of ether oxygens (including phenoxy) is 1. The Labute approximate surface area is 128 Å². The largest absolute Gasteiger partial charge is 0.497 e. The normalized spacial score (nSPS) is 11.0. The number of nitrogens with one attached hydrogen (secondary N) is 1. The van der Waals surface area contributed by atoms with Crippen molar-refractivity contribution in [2.75, 3.05) is 12.4 Å². The number of methoxy groups -OCH3 is 1. The minimum Gasteiger partial charge on any atom is -0.497 e. The second kappa shape index (κ2) is 5.07. The lowest BCUT2D eigenvalue weighted by molar-refractivity contribution is 0.415. The van der Waals surface area contributed by atoms with Gasteiger partial charge < -0.3 is 14.5 Å². The van der Waals surface area contributed by atoms with E-state index in [0.29, 0.717) is 0 Å². The van der Waals surface area contributed by atoms with E-state index in [2.05, 4.69) is 28.0 Å². The van der Waals surface area contributed by atoms with E-state index in [1.54, 1.807) is 7.11 Å². The van der Waals surface area contributed by atoms with Crippen molar-refractivity contribution < 1.29 is 4.74 Å². The fraction of sp³-hybridized carbons (Fsp3) is 0.0556. The molecular formula is C18H15N3O. The summed E-state index contributed by atoms with van der Waals surface area (Å²) in [7, 11) is 1.66. The number of hydrogen-bond acceptors (Lipinski definition) is 3. The van der Waals surface area contributed by atoms with Gasteiger partial charge >= 0.3 is 0 Å². The lowest BCUT2D eigenvalue weighted by Crippen LogP contribution is -1.99. The van der Waals surface area contributed by atoms with Crippen LogP contribution < -0.4 is 10.1 Å². The van der Waals surface area contributed by atoms with Crippen molar-refractivity contribution in [1.29, 1.82) is 0 Å². The van der Waals surface area contributed by atoms with E-state index in [1.807, 2.05) is 48.5 Å². The predicted molar refractivity (Wildman–Crippen MR) is 89.0 cm³/mol. The highest BCUT2D eigenvalue weighted by molar-refractivity contribution is 5.86. The Morgan fingerprint density at radius 3 is 2.50 bits per heavy atom. The van der Waals surface area contributed by atoms with E-state index in [1.165, 1.54) is 0 Å². The molecule has 0 radical (unpaired) electrons. The highest BCUT2D eigenvalue weighted by Gasteiger charge is 2.07. The first-order valence-corrected chi connectivity index (χ1v) is 7.12. The smallest absolute Gasteiger partial charge is 0.155 e. The van der Waals surface area contributed by atoms with Gasteiger partial charge in [0, 0.05) is 11.9 Å². The molecule has 2 aromatic carbocycles. The van der Waals surface area contributed by atoms with E-state index >= 15 is 0 Å². The molecule has 2 aromatic heterocycles. The lowest BCUT2D eigenvalue weighted by Gasteiger charge is -2.11. The molecule has 0 saturated heterocycles. The molecule has 4 heteroatoms. The molecule has 0 aliphatic rings. The van der Waals surface area contributed by atoms with Gasteiger partial charge in [0.2, 0.25) is 0 Å². The van der Waals surface area contributed by atoms with Crippen LogP contribution in [-0.2, 0) is 0 Å². The molecule has 4 rings (SSSR count). The number of fused-ring (bicyclic) bond motifs is 3. The summed E-state index contributed by atoms with van der Waals surface area (Å²) in [5.41, 5.74) is 4.09. The van der Waals surface area contributed by atoms with Crippen LogP contribution >= 0.6 is 0 Å². The van der Waals surface area contributed by atoms with Gasteiger partial charge in [-0.2, -0.15) is 0 Å². The first-order chi connectivity index (χ1) is 10.8. The van der Waals surface area contributed by atoms with Crippen LogP contribution in [0.1, 0.15) is 0 Å². The van der Waals surface area contributed by atoms with Gasteiger partial charge in [0.05, 0.1) is 23.7 Å². The monoisotopic (exact) mass is 289 g/mol. The number of aromatic nitrogens is 2. The summed E-state index contributed by atoms with van der Waals surface area (Å²) in [5.74, 6) is 1.68. The van der Waals surface area contributed by atoms with Crippen LogP contribution in [0.3, 0.4) is 0 Å². The third-order valence-corrected chi connectivity index (χ3v) is 3.72. The van der Waals surface area contributed by atoms with Crippen LogP contribution in [0.15, 0.2) is 66.9 Å². The quantitative estimate of drug-likeness (QED) is 0.613. The molecule has 0 unspecified atom stereocenters. The Morgan fingerprint density at radius 2 is 1.68 bits per heavy atom. The number of benzene rings is 2. The van der Waals surface area contributed by atoms with Gasteiger partial charge in [0.1, 0.15) is 5.75 Å². The summed E-state index contributed by atoms with van der Waals surface area (Å²) in [6.45, 7) is 0. The second-order valence-corrected chi connectivity index (χ2v) is 5.07. The van der Waals surface area contributed by atoms with Gasteiger partial charge in [-0.05, 0) is 48.5 Å². The third kappa shape index (κ3) is 2.05. The second-order valence-electron chi connectivity index (χ2n) is 5.07. The van der Waals surface area contributed by atoms with Crippen molar-refractivity contribution in [2.24, 2.45) is 0 Å². The molecule has 1 N–H and O–H groups in total. The van der Waals surface area contributed by atoms with Crippen LogP contribution in [0.5, 0.6) is 5.75 Å². The van der Waals surface area contributed by atoms with Gasteiger partial charge in [-0.1, -0.05) is 12.1 Å². The summed E-state index contributed by atoms with van der Waals surface area (Å²) in [6, 6.07) is 20.0. The van der Waals surface area contributed by atoms with Crippen molar-refractivity contribution in [3.63, 3.8) is 0 Å². The van der Waals surface area contributed by atoms with Crippen LogP contribution in [0, 0.1) is 0 Å². The highest BCUT2D eigenvalue weighted by Crippen LogP contribution is 2.26. The average Bonchev–Trinajstić information content (AvgIpc) is 3.06. The summed E-state index contributed by atoms with van der Waals surface area (Å²) in [4.78, 5) is 4.75. The molecule has 0 aliphatic carbocycles. The Morgan fingerprint density at radius 1 is 0.909 bits per heavy atom. The molecule has 0 fully saturated rings. The molecule has 4 nitrogen and oxygen atoms in total. The Bertz CT molecular complexity index is 942. The minimum absolute atomic E-state index is 0.838. The van der Waals surface area contributed by atoms with Gasteiger partial charge in [0.15, 0.2) is 5.82 Å². The summed E-state index contributed by atoms with van der Waals surface area (Å²) >= 11 is 0. The molecule has 108 valence electrons. The van der Waals surface area contributed by atoms with Crippen LogP contribution in [0.2, 0.25) is 0 Å². The van der Waals surface area contributed by atoms with Crippen molar-refractivity contribution in [2.45, 2.75) is 0 Å². The molecule has 0 amide bonds. The molecule has 4 aromatic rings. The van der Waals surface area contributed by atoms with Gasteiger partial charge in [-0.25, -0.2) is 4.98 Å². The van der Waals surface area contributed by atoms with E-state index in [-0.39, 0.29) is 0 Å². The molecule has 0 spiro atoms. The third-order valence-electron chi connectivity index (χ3n) is 3.72. The maximum absolute atomic E-state index is 5.19. The maximum Gasteiger partial charge on any atom is 0.155 e. The predicted octanol–water partition coefficient (Wildman–Crippen LogP) is 4.24. The number of anilines is 2. The van der Waals surface area contributed by atoms with Gasteiger partial charge in [0.25, 0.3) is 0 Å². The SMILES string of the molecule is COc1ccc(Nc2nc3ccccc3n3cccc23)cc1. The first kappa shape index (κ1) is 12.7. The molecule has 0 atom stereocenters. The molecule has 0 saturated carbocycles. The topological polar surface area (TPSA) is 38.6 Å². The Balaban J connectivity index is 1.83. The van der Waals surface area contributed by atoms with E-state index in [9.17, 15) is 0 Å². The van der Waals surface area contributed by atoms with Crippen LogP contribution in [0.4, 0.5) is 11.5 Å². The molecule has 2 heterocycles. The van der Waals surface area contributed by atoms with Crippen molar-refractivity contribution in [1.82, 2.24) is 9.38 Å². The number of nitrogens with zero attached hydrogens (tertiary/aromatic N) is 2. The minimum atomic E-state index is 0.838. The zero-order chi connectivity index (χ0) is 14.9. The van der Waals surface area contributed by atoms with Crippen molar-refractivity contribution >= 4 is 28.1 Å². The summed E-state index contributed by atoms with van der Waals surface area (Å²) < 4.78 is 7.33. The number of rotatable bonds is 3. The van der Waals surface area contributed by atoms with Gasteiger partial charge in [-0.15, -0.1) is 0 Å². The number of para-hydroxylation sites is 2. The summed E-state index contributed by atoms with van der Waals surface area (Å²) in [5, 5.41) is 3.39. The summed E-state index contributed by atoms with van der Waals surface area (Å²) in [6.07, 6.45) is 2.05. The zero-order valence-corrected chi connectivity index (χ0v) is 12.2. The van der Waals surface area contributed by atoms with Crippen molar-refractivity contribution in [3.05, 3.63) is 66.9 Å². The fourth-order valence-corrected chi connectivity index (χ4v) is 2.63. The standard InChI is InChI=1S/C18H15N3O/c1-22-14-10-8-13(9-11-14)19-18-17-7-4-12-21(17)16-6-3-2-5-15(16)20-18/h2-12H,1H3,(H,19,20). The van der Waals surface area contributed by atoms with E-state index < -0.39 is 0 Å². The molecule has 22 heavy (non-hydrogen) atoms. The maximum atomic E-state index is 5.19. The first-order valence-electron chi connectivity index (χ1n) is 7.12. The van der Waals surface area contributed by atoms with Crippen molar-refractivity contribution in [3.8, 4) is 5.75 Å². The van der Waals surface area contributed by atoms with Crippen LogP contribution in [0.25, 0.3) is 16.6 Å². The highest BCUT2D eigenvalue weighted by atomic mass is 16.5. The number of hydrogen-bond donors (Lipinski definition) is 1. The molecular weight excluding hydrogens is 274 g/mol. The Kier molecular flexibility index (Phi) is 2.93. The van der Waals surface area contributed by atoms with E-state index in [0.717, 1.165) is 33.8 Å². The fourth-order valence-electron chi connectivity index (χ4n) is 2.63. The lowest BCUT2D eigenvalue weighted by atomic mass is 10.2. The van der Waals surface area contributed by atoms with Crippen LogP contribution in [-0.4, -0.2) is 16.5 Å². The average molecular weight is 289 g/mol. The zero-order valence-electron chi connectivity index (χ0n) is 12.2. The van der Waals surface area contributed by atoms with E-state index in [4.69, 9.17) is 9.72 Å². The van der Waals surface area contributed by atoms with Gasteiger partial charge in [-0.3, -0.25) is 0 Å².